The molecule has 1 aliphatic rings. The van der Waals surface area contributed by atoms with Gasteiger partial charge in [-0.1, -0.05) is 24.3 Å². The van der Waals surface area contributed by atoms with Crippen LogP contribution in [0.5, 0.6) is 0 Å². The predicted molar refractivity (Wildman–Crippen MR) is 75.4 cm³/mol. The average molecular weight is 283 g/mol. The number of hydrogen-bond acceptors (Lipinski definition) is 4. The smallest absolute Gasteiger partial charge is 0.273 e. The van der Waals surface area contributed by atoms with E-state index in [1.165, 1.54) is 4.90 Å². The standard InChI is InChI=1S/C15H13N3O3/c1-9-14(20)17-13(19)8-18(9)15(21)12-7-6-10-4-2-3-5-11(10)16-12/h2-7,9H,8H2,1H3,(H,17,19,20). The molecule has 1 fully saturated rings. The van der Waals surface area contributed by atoms with E-state index >= 15 is 0 Å². The molecular weight excluding hydrogens is 270 g/mol. The van der Waals surface area contributed by atoms with Crippen LogP contribution in [-0.2, 0) is 9.59 Å². The van der Waals surface area contributed by atoms with Crippen LogP contribution in [0.25, 0.3) is 10.9 Å². The molecule has 2 aromatic rings. The summed E-state index contributed by atoms with van der Waals surface area (Å²) in [6.07, 6.45) is 0. The maximum absolute atomic E-state index is 12.5. The first-order valence-electron chi connectivity index (χ1n) is 6.57. The molecule has 0 spiro atoms. The number of nitrogens with zero attached hydrogens (tertiary/aromatic N) is 2. The Morgan fingerprint density at radius 1 is 1.24 bits per heavy atom. The van der Waals surface area contributed by atoms with Gasteiger partial charge in [0.15, 0.2) is 0 Å². The highest BCUT2D eigenvalue weighted by atomic mass is 16.2. The minimum absolute atomic E-state index is 0.139. The molecule has 106 valence electrons. The van der Waals surface area contributed by atoms with Crippen LogP contribution in [0.4, 0.5) is 0 Å². The molecule has 1 aromatic carbocycles. The van der Waals surface area contributed by atoms with Crippen molar-refractivity contribution in [2.24, 2.45) is 0 Å². The van der Waals surface area contributed by atoms with Gasteiger partial charge < -0.3 is 4.90 Å². The van der Waals surface area contributed by atoms with E-state index in [-0.39, 0.29) is 12.2 Å². The fourth-order valence-corrected chi connectivity index (χ4v) is 2.29. The van der Waals surface area contributed by atoms with E-state index in [9.17, 15) is 14.4 Å². The van der Waals surface area contributed by atoms with Gasteiger partial charge in [-0.15, -0.1) is 0 Å². The van der Waals surface area contributed by atoms with E-state index in [2.05, 4.69) is 10.3 Å². The van der Waals surface area contributed by atoms with Gasteiger partial charge in [0, 0.05) is 5.39 Å². The Bertz CT molecular complexity index is 757. The van der Waals surface area contributed by atoms with Gasteiger partial charge in [0.25, 0.3) is 5.91 Å². The zero-order valence-electron chi connectivity index (χ0n) is 11.4. The Morgan fingerprint density at radius 2 is 2.00 bits per heavy atom. The third-order valence-electron chi connectivity index (χ3n) is 3.50. The molecule has 3 rings (SSSR count). The van der Waals surface area contributed by atoms with E-state index in [1.54, 1.807) is 19.1 Å². The molecule has 3 amide bonds. The number of amides is 3. The third-order valence-corrected chi connectivity index (χ3v) is 3.50. The number of fused-ring (bicyclic) bond motifs is 1. The summed E-state index contributed by atoms with van der Waals surface area (Å²) in [7, 11) is 0. The lowest BCUT2D eigenvalue weighted by molar-refractivity contribution is -0.138. The fourth-order valence-electron chi connectivity index (χ4n) is 2.29. The second kappa shape index (κ2) is 4.97. The van der Waals surface area contributed by atoms with Gasteiger partial charge in [-0.05, 0) is 19.1 Å². The van der Waals surface area contributed by atoms with Crippen molar-refractivity contribution >= 4 is 28.6 Å². The Morgan fingerprint density at radius 3 is 2.81 bits per heavy atom. The van der Waals surface area contributed by atoms with Crippen molar-refractivity contribution in [3.63, 3.8) is 0 Å². The minimum Gasteiger partial charge on any atom is -0.316 e. The van der Waals surface area contributed by atoms with Crippen molar-refractivity contribution in [3.05, 3.63) is 42.1 Å². The van der Waals surface area contributed by atoms with Gasteiger partial charge in [-0.25, -0.2) is 4.98 Å². The highest BCUT2D eigenvalue weighted by molar-refractivity contribution is 6.06. The Kier molecular flexibility index (Phi) is 3.13. The zero-order valence-corrected chi connectivity index (χ0v) is 11.4. The molecule has 0 radical (unpaired) electrons. The predicted octanol–water partition coefficient (Wildman–Crippen LogP) is 0.722. The number of aromatic nitrogens is 1. The highest BCUT2D eigenvalue weighted by Crippen LogP contribution is 2.15. The number of piperazine rings is 1. The SMILES string of the molecule is CC1C(=O)NC(=O)CN1C(=O)c1ccc2ccccc2n1. The number of imide groups is 1. The lowest BCUT2D eigenvalue weighted by Gasteiger charge is -2.31. The van der Waals surface area contributed by atoms with E-state index in [4.69, 9.17) is 0 Å². The molecular formula is C15H13N3O3. The van der Waals surface area contributed by atoms with Gasteiger partial charge in [-0.3, -0.25) is 19.7 Å². The van der Waals surface area contributed by atoms with Crippen molar-refractivity contribution in [1.29, 1.82) is 0 Å². The fraction of sp³-hybridized carbons (Fsp3) is 0.200. The molecule has 6 nitrogen and oxygen atoms in total. The first-order chi connectivity index (χ1) is 10.1. The summed E-state index contributed by atoms with van der Waals surface area (Å²) in [4.78, 5) is 41.1. The number of nitrogens with one attached hydrogen (secondary N) is 1. The number of rotatable bonds is 1. The van der Waals surface area contributed by atoms with Crippen LogP contribution >= 0.6 is 0 Å². The zero-order chi connectivity index (χ0) is 15.0. The number of para-hydroxylation sites is 1. The summed E-state index contributed by atoms with van der Waals surface area (Å²) in [5.41, 5.74) is 0.923. The first kappa shape index (κ1) is 13.2. The van der Waals surface area contributed by atoms with Crippen LogP contribution in [0, 0.1) is 0 Å². The lowest BCUT2D eigenvalue weighted by Crippen LogP contribution is -2.58. The van der Waals surface area contributed by atoms with E-state index in [0.717, 1.165) is 5.39 Å². The topological polar surface area (TPSA) is 79.4 Å². The van der Waals surface area contributed by atoms with Crippen molar-refractivity contribution in [1.82, 2.24) is 15.2 Å². The minimum atomic E-state index is -0.691. The second-order valence-electron chi connectivity index (χ2n) is 4.91. The molecule has 1 atom stereocenters. The molecule has 0 bridgehead atoms. The van der Waals surface area contributed by atoms with Crippen LogP contribution in [0.2, 0.25) is 0 Å². The summed E-state index contributed by atoms with van der Waals surface area (Å²) in [5, 5.41) is 3.13. The molecule has 6 heteroatoms. The van der Waals surface area contributed by atoms with Gasteiger partial charge in [0.05, 0.1) is 5.52 Å². The quantitative estimate of drug-likeness (QED) is 0.782. The highest BCUT2D eigenvalue weighted by Gasteiger charge is 2.34. The molecule has 1 aromatic heterocycles. The normalized spacial score (nSPS) is 18.7. The third kappa shape index (κ3) is 2.35. The molecule has 1 unspecified atom stereocenters. The number of benzene rings is 1. The number of hydrogen-bond donors (Lipinski definition) is 1. The average Bonchev–Trinajstić information content (AvgIpc) is 2.49. The molecule has 1 N–H and O–H groups in total. The van der Waals surface area contributed by atoms with E-state index < -0.39 is 23.8 Å². The lowest BCUT2D eigenvalue weighted by atomic mass is 10.1. The monoisotopic (exact) mass is 283 g/mol. The van der Waals surface area contributed by atoms with Gasteiger partial charge in [0.1, 0.15) is 18.3 Å². The Balaban J connectivity index is 1.95. The van der Waals surface area contributed by atoms with E-state index in [1.807, 2.05) is 24.3 Å². The van der Waals surface area contributed by atoms with Crippen molar-refractivity contribution < 1.29 is 14.4 Å². The van der Waals surface area contributed by atoms with Gasteiger partial charge in [-0.2, -0.15) is 0 Å². The van der Waals surface area contributed by atoms with Crippen molar-refractivity contribution in [3.8, 4) is 0 Å². The van der Waals surface area contributed by atoms with Crippen LogP contribution in [-0.4, -0.2) is 40.2 Å². The summed E-state index contributed by atoms with van der Waals surface area (Å²) in [5.74, 6) is -1.37. The summed E-state index contributed by atoms with van der Waals surface area (Å²) in [6.45, 7) is 1.45. The van der Waals surface area contributed by atoms with Gasteiger partial charge in [0.2, 0.25) is 11.8 Å². The summed E-state index contributed by atoms with van der Waals surface area (Å²) >= 11 is 0. The largest absolute Gasteiger partial charge is 0.316 e. The van der Waals surface area contributed by atoms with Crippen molar-refractivity contribution in [2.75, 3.05) is 6.54 Å². The first-order valence-corrected chi connectivity index (χ1v) is 6.57. The molecule has 21 heavy (non-hydrogen) atoms. The number of carbonyl (C=O) groups is 3. The van der Waals surface area contributed by atoms with Crippen LogP contribution in [0.1, 0.15) is 17.4 Å². The Labute approximate surface area is 120 Å². The Hall–Kier alpha value is -2.76. The molecule has 0 saturated carbocycles. The maximum atomic E-state index is 12.5. The number of carbonyl (C=O) groups excluding carboxylic acids is 3. The van der Waals surface area contributed by atoms with Crippen molar-refractivity contribution in [2.45, 2.75) is 13.0 Å². The molecule has 0 aliphatic carbocycles. The van der Waals surface area contributed by atoms with Crippen LogP contribution in [0.15, 0.2) is 36.4 Å². The number of pyridine rings is 1. The van der Waals surface area contributed by atoms with Crippen LogP contribution in [0.3, 0.4) is 0 Å². The molecule has 1 saturated heterocycles. The summed E-state index contributed by atoms with van der Waals surface area (Å²) < 4.78 is 0. The second-order valence-corrected chi connectivity index (χ2v) is 4.91. The molecule has 1 aliphatic heterocycles. The van der Waals surface area contributed by atoms with Gasteiger partial charge >= 0.3 is 0 Å². The van der Waals surface area contributed by atoms with E-state index in [0.29, 0.717) is 5.52 Å². The molecule has 2 heterocycles. The summed E-state index contributed by atoms with van der Waals surface area (Å²) in [6, 6.07) is 10.1. The maximum Gasteiger partial charge on any atom is 0.273 e. The van der Waals surface area contributed by atoms with Crippen LogP contribution < -0.4 is 5.32 Å².